The summed E-state index contributed by atoms with van der Waals surface area (Å²) in [6, 6.07) is 8.61. The van der Waals surface area contributed by atoms with Gasteiger partial charge in [0.15, 0.2) is 0 Å². The van der Waals surface area contributed by atoms with E-state index in [-0.39, 0.29) is 0 Å². The van der Waals surface area contributed by atoms with E-state index in [1.807, 2.05) is 0 Å². The lowest BCUT2D eigenvalue weighted by Crippen LogP contribution is -2.10. The Labute approximate surface area is 105 Å². The summed E-state index contributed by atoms with van der Waals surface area (Å²) in [7, 11) is 0. The summed E-state index contributed by atoms with van der Waals surface area (Å²) in [5.74, 6) is 1.06. The van der Waals surface area contributed by atoms with Crippen molar-refractivity contribution in [2.75, 3.05) is 0 Å². The zero-order valence-electron chi connectivity index (χ0n) is 10.7. The zero-order valence-corrected chi connectivity index (χ0v) is 10.7. The third-order valence-electron chi connectivity index (χ3n) is 3.47. The Morgan fingerprint density at radius 2 is 2.00 bits per heavy atom. The summed E-state index contributed by atoms with van der Waals surface area (Å²) in [5, 5.41) is 0. The topological polar surface area (TPSA) is 9.23 Å². The van der Waals surface area contributed by atoms with Crippen LogP contribution in [0.15, 0.2) is 24.3 Å². The Morgan fingerprint density at radius 1 is 1.18 bits per heavy atom. The number of benzene rings is 1. The van der Waals surface area contributed by atoms with E-state index >= 15 is 0 Å². The monoisotopic (exact) mass is 231 g/mol. The summed E-state index contributed by atoms with van der Waals surface area (Å²) < 4.78 is 6.01. The first kappa shape index (κ1) is 12.5. The average molecular weight is 231 g/mol. The molecule has 0 aromatic heterocycles. The first-order valence-corrected chi connectivity index (χ1v) is 6.93. The third kappa shape index (κ3) is 4.07. The van der Waals surface area contributed by atoms with E-state index in [1.165, 1.54) is 44.1 Å². The summed E-state index contributed by atoms with van der Waals surface area (Å²) in [5.41, 5.74) is 1.40. The number of aryl methyl sites for hydroxylation is 1. The van der Waals surface area contributed by atoms with Crippen molar-refractivity contribution >= 4 is 0 Å². The van der Waals surface area contributed by atoms with Crippen LogP contribution in [0.4, 0.5) is 0 Å². The molecule has 2 rings (SSSR count). The normalized spacial score (nSPS) is 16.3. The van der Waals surface area contributed by atoms with Crippen molar-refractivity contribution < 1.29 is 4.74 Å². The Morgan fingerprint density at radius 3 is 2.76 bits per heavy atom. The highest BCUT2D eigenvalue weighted by atomic mass is 16.5. The fourth-order valence-electron chi connectivity index (χ4n) is 2.48. The molecule has 1 aliphatic carbocycles. The molecule has 1 aromatic rings. The van der Waals surface area contributed by atoms with E-state index in [9.17, 15) is 0 Å². The van der Waals surface area contributed by atoms with Crippen LogP contribution in [-0.2, 0) is 6.42 Å². The van der Waals surface area contributed by atoms with Crippen molar-refractivity contribution in [3.8, 4) is 5.75 Å². The summed E-state index contributed by atoms with van der Waals surface area (Å²) in [6.45, 7) is 3.88. The lowest BCUT2D eigenvalue weighted by molar-refractivity contribution is 0.210. The van der Waals surface area contributed by atoms with Gasteiger partial charge in [0.25, 0.3) is 0 Å². The zero-order chi connectivity index (χ0) is 11.9. The van der Waals surface area contributed by atoms with E-state index in [1.54, 1.807) is 0 Å². The molecule has 0 amide bonds. The van der Waals surface area contributed by atoms with Crippen molar-refractivity contribution in [1.82, 2.24) is 0 Å². The second-order valence-corrected chi connectivity index (χ2v) is 4.98. The maximum atomic E-state index is 6.01. The van der Waals surface area contributed by atoms with Crippen molar-refractivity contribution in [2.24, 2.45) is 0 Å². The SMILES string of the molecule is [CH2]CCCCc1cccc(OC2CCCC2)c1. The van der Waals surface area contributed by atoms with Crippen molar-refractivity contribution in [3.05, 3.63) is 36.8 Å². The molecule has 1 fully saturated rings. The molecule has 1 saturated carbocycles. The molecule has 0 atom stereocenters. The maximum Gasteiger partial charge on any atom is 0.119 e. The highest BCUT2D eigenvalue weighted by Crippen LogP contribution is 2.24. The molecule has 0 aliphatic heterocycles. The molecule has 1 heteroatoms. The van der Waals surface area contributed by atoms with Gasteiger partial charge in [0.1, 0.15) is 5.75 Å². The fourth-order valence-corrected chi connectivity index (χ4v) is 2.48. The van der Waals surface area contributed by atoms with Gasteiger partial charge in [-0.15, -0.1) is 0 Å². The number of hydrogen-bond acceptors (Lipinski definition) is 1. The quantitative estimate of drug-likeness (QED) is 0.652. The molecule has 1 aromatic carbocycles. The van der Waals surface area contributed by atoms with Gasteiger partial charge in [-0.2, -0.15) is 0 Å². The Hall–Kier alpha value is -0.980. The van der Waals surface area contributed by atoms with Crippen molar-refractivity contribution in [3.63, 3.8) is 0 Å². The minimum atomic E-state index is 0.463. The molecule has 1 radical (unpaired) electrons. The smallest absolute Gasteiger partial charge is 0.119 e. The second-order valence-electron chi connectivity index (χ2n) is 4.98. The van der Waals surface area contributed by atoms with E-state index in [0.29, 0.717) is 6.10 Å². The highest BCUT2D eigenvalue weighted by molar-refractivity contribution is 5.28. The van der Waals surface area contributed by atoms with Gasteiger partial charge in [0, 0.05) is 0 Å². The molecule has 0 spiro atoms. The van der Waals surface area contributed by atoms with Gasteiger partial charge in [-0.3, -0.25) is 0 Å². The van der Waals surface area contributed by atoms with Crippen molar-refractivity contribution in [2.45, 2.75) is 57.5 Å². The summed E-state index contributed by atoms with van der Waals surface area (Å²) >= 11 is 0. The van der Waals surface area contributed by atoms with Crippen LogP contribution in [0.1, 0.15) is 50.5 Å². The molecule has 17 heavy (non-hydrogen) atoms. The number of rotatable bonds is 6. The molecular weight excluding hydrogens is 208 g/mol. The predicted octanol–water partition coefficient (Wildman–Crippen LogP) is 4.55. The molecule has 0 bridgehead atoms. The van der Waals surface area contributed by atoms with Gasteiger partial charge in [-0.25, -0.2) is 0 Å². The lowest BCUT2D eigenvalue weighted by Gasteiger charge is -2.13. The van der Waals surface area contributed by atoms with Crippen LogP contribution in [0, 0.1) is 6.92 Å². The predicted molar refractivity (Wildman–Crippen MR) is 72.2 cm³/mol. The van der Waals surface area contributed by atoms with Crippen LogP contribution in [0.5, 0.6) is 5.75 Å². The van der Waals surface area contributed by atoms with Gasteiger partial charge in [0.05, 0.1) is 6.10 Å². The fraction of sp³-hybridized carbons (Fsp3) is 0.562. The number of unbranched alkanes of at least 4 members (excludes halogenated alkanes) is 2. The maximum absolute atomic E-state index is 6.01. The molecule has 1 aliphatic rings. The van der Waals surface area contributed by atoms with Gasteiger partial charge in [0.2, 0.25) is 0 Å². The first-order chi connectivity index (χ1) is 8.38. The second kappa shape index (κ2) is 6.68. The lowest BCUT2D eigenvalue weighted by atomic mass is 10.1. The molecular formula is C16H23O. The van der Waals surface area contributed by atoms with Crippen LogP contribution in [0.3, 0.4) is 0 Å². The Balaban J connectivity index is 1.86. The van der Waals surface area contributed by atoms with Gasteiger partial charge >= 0.3 is 0 Å². The number of hydrogen-bond donors (Lipinski definition) is 0. The van der Waals surface area contributed by atoms with E-state index in [4.69, 9.17) is 4.74 Å². The molecule has 0 saturated heterocycles. The molecule has 1 nitrogen and oxygen atoms in total. The van der Waals surface area contributed by atoms with E-state index in [0.717, 1.165) is 18.6 Å². The van der Waals surface area contributed by atoms with Gasteiger partial charge in [-0.1, -0.05) is 31.9 Å². The Bertz CT molecular complexity index is 326. The van der Waals surface area contributed by atoms with Crippen molar-refractivity contribution in [1.29, 1.82) is 0 Å². The minimum absolute atomic E-state index is 0.463. The van der Waals surface area contributed by atoms with E-state index in [2.05, 4.69) is 31.2 Å². The van der Waals surface area contributed by atoms with E-state index < -0.39 is 0 Å². The average Bonchev–Trinajstić information content (AvgIpc) is 2.83. The van der Waals surface area contributed by atoms with Crippen LogP contribution in [0.2, 0.25) is 0 Å². The molecule has 0 N–H and O–H groups in total. The molecule has 93 valence electrons. The first-order valence-electron chi connectivity index (χ1n) is 6.93. The van der Waals surface area contributed by atoms with Crippen LogP contribution in [-0.4, -0.2) is 6.10 Å². The standard InChI is InChI=1S/C16H23O/c1-2-3-4-8-14-9-7-12-16(13-14)17-15-10-5-6-11-15/h7,9,12-13,15H,1-6,8,10-11H2. The van der Waals surface area contributed by atoms with Crippen LogP contribution >= 0.6 is 0 Å². The largest absolute Gasteiger partial charge is 0.490 e. The van der Waals surface area contributed by atoms with Gasteiger partial charge in [-0.05, 0) is 56.2 Å². The summed E-state index contributed by atoms with van der Waals surface area (Å²) in [4.78, 5) is 0. The number of ether oxygens (including phenoxy) is 1. The van der Waals surface area contributed by atoms with Crippen LogP contribution in [0.25, 0.3) is 0 Å². The summed E-state index contributed by atoms with van der Waals surface area (Å²) in [6.07, 6.45) is 10.2. The molecule has 0 unspecified atom stereocenters. The Kier molecular flexibility index (Phi) is 4.90. The van der Waals surface area contributed by atoms with Gasteiger partial charge < -0.3 is 4.74 Å². The third-order valence-corrected chi connectivity index (χ3v) is 3.47. The van der Waals surface area contributed by atoms with Crippen LogP contribution < -0.4 is 4.74 Å². The minimum Gasteiger partial charge on any atom is -0.490 e. The molecule has 0 heterocycles. The highest BCUT2D eigenvalue weighted by Gasteiger charge is 2.16.